The van der Waals surface area contributed by atoms with Gasteiger partial charge in [-0.25, -0.2) is 8.42 Å². The maximum absolute atomic E-state index is 13.5. The molecule has 0 aromatic heterocycles. The second-order valence-electron chi connectivity index (χ2n) is 11.3. The summed E-state index contributed by atoms with van der Waals surface area (Å²) in [5.74, 6) is -0.0250. The van der Waals surface area contributed by atoms with Gasteiger partial charge >= 0.3 is 0 Å². The molecule has 0 spiro atoms. The largest absolute Gasteiger partial charge is 0.488 e. The molecule has 2 aliphatic rings. The third kappa shape index (κ3) is 7.60. The number of fused-ring (bicyclic) bond motifs is 1. The van der Waals surface area contributed by atoms with E-state index in [1.54, 1.807) is 30.0 Å². The predicted octanol–water partition coefficient (Wildman–Crippen LogP) is 4.33. The standard InChI is InChI=1S/C30H40ClN3O6S/c1-20-17-34(21(2)19-35)29(36)16-23-15-25(32-30(37)22-7-5-4-6-8-22)11-14-27(23)40-28(20)18-33(3)41(38,39)26-12-9-24(31)10-13-26/h9-15,20-22,28,35H,4-8,16-19H2,1-3H3,(H,32,37)/t20-,21-,28+/m1/s1. The summed E-state index contributed by atoms with van der Waals surface area (Å²) in [6, 6.07) is 10.8. The minimum Gasteiger partial charge on any atom is -0.488 e. The summed E-state index contributed by atoms with van der Waals surface area (Å²) in [6.07, 6.45) is 4.40. The third-order valence-corrected chi connectivity index (χ3v) is 10.2. The number of sulfonamides is 1. The Labute approximate surface area is 247 Å². The number of nitrogens with one attached hydrogen (secondary N) is 1. The number of anilines is 1. The maximum atomic E-state index is 13.5. The zero-order chi connectivity index (χ0) is 29.7. The summed E-state index contributed by atoms with van der Waals surface area (Å²) in [6.45, 7) is 3.78. The minimum absolute atomic E-state index is 0.0175. The van der Waals surface area contributed by atoms with E-state index in [9.17, 15) is 23.1 Å². The predicted molar refractivity (Wildman–Crippen MR) is 158 cm³/mol. The molecule has 1 heterocycles. The van der Waals surface area contributed by atoms with Crippen molar-refractivity contribution in [1.82, 2.24) is 9.21 Å². The molecule has 1 aliphatic heterocycles. The van der Waals surface area contributed by atoms with Crippen LogP contribution in [0, 0.1) is 11.8 Å². The molecule has 4 rings (SSSR count). The number of aliphatic hydroxyl groups excluding tert-OH is 1. The van der Waals surface area contributed by atoms with Crippen LogP contribution < -0.4 is 10.1 Å². The molecule has 1 aliphatic carbocycles. The van der Waals surface area contributed by atoms with E-state index in [-0.39, 0.29) is 54.7 Å². The molecule has 0 saturated heterocycles. The fraction of sp³-hybridized carbons (Fsp3) is 0.533. The lowest BCUT2D eigenvalue weighted by Crippen LogP contribution is -2.48. The number of ether oxygens (including phenoxy) is 1. The molecule has 2 N–H and O–H groups in total. The number of likely N-dealkylation sites (N-methyl/N-ethyl adjacent to an activating group) is 1. The van der Waals surface area contributed by atoms with E-state index in [0.29, 0.717) is 22.0 Å². The first-order valence-corrected chi connectivity index (χ1v) is 16.0. The molecule has 1 saturated carbocycles. The van der Waals surface area contributed by atoms with Gasteiger partial charge in [0.1, 0.15) is 11.9 Å². The Morgan fingerprint density at radius 3 is 2.51 bits per heavy atom. The fourth-order valence-corrected chi connectivity index (χ4v) is 6.78. The summed E-state index contributed by atoms with van der Waals surface area (Å²) in [4.78, 5) is 28.1. The van der Waals surface area contributed by atoms with Gasteiger partial charge in [-0.1, -0.05) is 37.8 Å². The highest BCUT2D eigenvalue weighted by Crippen LogP contribution is 2.31. The summed E-state index contributed by atoms with van der Waals surface area (Å²) in [7, 11) is -2.34. The van der Waals surface area contributed by atoms with Crippen molar-refractivity contribution in [3.8, 4) is 5.75 Å². The molecule has 1 fully saturated rings. The van der Waals surface area contributed by atoms with Crippen LogP contribution in [0.1, 0.15) is 51.5 Å². The minimum atomic E-state index is -3.84. The zero-order valence-corrected chi connectivity index (χ0v) is 25.5. The van der Waals surface area contributed by atoms with Crippen LogP contribution in [0.25, 0.3) is 0 Å². The highest BCUT2D eigenvalue weighted by atomic mass is 35.5. The highest BCUT2D eigenvalue weighted by molar-refractivity contribution is 7.89. The molecule has 0 unspecified atom stereocenters. The first-order valence-electron chi connectivity index (χ1n) is 14.2. The Morgan fingerprint density at radius 2 is 1.85 bits per heavy atom. The van der Waals surface area contributed by atoms with Crippen molar-refractivity contribution in [3.05, 3.63) is 53.1 Å². The van der Waals surface area contributed by atoms with Crippen LogP contribution in [-0.2, 0) is 26.0 Å². The van der Waals surface area contributed by atoms with E-state index in [1.807, 2.05) is 6.92 Å². The van der Waals surface area contributed by atoms with E-state index in [1.165, 1.54) is 35.6 Å². The number of carbonyl (C=O) groups excluding carboxylic acids is 2. The van der Waals surface area contributed by atoms with Crippen LogP contribution in [-0.4, -0.2) is 73.4 Å². The molecule has 0 radical (unpaired) electrons. The van der Waals surface area contributed by atoms with Gasteiger partial charge in [-0.2, -0.15) is 4.31 Å². The number of hydrogen-bond acceptors (Lipinski definition) is 6. The molecule has 9 nitrogen and oxygen atoms in total. The number of hydrogen-bond donors (Lipinski definition) is 2. The number of rotatable bonds is 8. The lowest BCUT2D eigenvalue weighted by atomic mass is 9.88. The highest BCUT2D eigenvalue weighted by Gasteiger charge is 2.33. The van der Waals surface area contributed by atoms with Gasteiger partial charge in [0.05, 0.1) is 30.5 Å². The van der Waals surface area contributed by atoms with Crippen molar-refractivity contribution in [1.29, 1.82) is 0 Å². The molecule has 41 heavy (non-hydrogen) atoms. The van der Waals surface area contributed by atoms with Crippen molar-refractivity contribution in [2.75, 3.05) is 32.1 Å². The molecule has 224 valence electrons. The van der Waals surface area contributed by atoms with E-state index in [2.05, 4.69) is 5.32 Å². The number of aliphatic hydroxyl groups is 1. The quantitative estimate of drug-likeness (QED) is 0.463. The summed E-state index contributed by atoms with van der Waals surface area (Å²) in [5.41, 5.74) is 1.18. The normalized spacial score (nSPS) is 21.3. The van der Waals surface area contributed by atoms with Crippen molar-refractivity contribution < 1.29 is 27.9 Å². The monoisotopic (exact) mass is 605 g/mol. The molecule has 0 bridgehead atoms. The maximum Gasteiger partial charge on any atom is 0.242 e. The first kappa shape index (κ1) is 31.3. The van der Waals surface area contributed by atoms with Crippen molar-refractivity contribution in [2.45, 2.75) is 69.4 Å². The molecule has 2 aromatic rings. The summed E-state index contributed by atoms with van der Waals surface area (Å²) < 4.78 is 34.4. The Kier molecular flexibility index (Phi) is 10.3. The Hall–Kier alpha value is -2.66. The Bertz CT molecular complexity index is 1330. The topological polar surface area (TPSA) is 116 Å². The van der Waals surface area contributed by atoms with Crippen LogP contribution in [0.2, 0.25) is 5.02 Å². The first-order chi connectivity index (χ1) is 19.5. The Balaban J connectivity index is 1.62. The third-order valence-electron chi connectivity index (χ3n) is 8.12. The fourth-order valence-electron chi connectivity index (χ4n) is 5.47. The van der Waals surface area contributed by atoms with Crippen LogP contribution in [0.4, 0.5) is 5.69 Å². The van der Waals surface area contributed by atoms with E-state index >= 15 is 0 Å². The second-order valence-corrected chi connectivity index (χ2v) is 13.8. The van der Waals surface area contributed by atoms with Gasteiger partial charge in [0.25, 0.3) is 0 Å². The molecule has 3 atom stereocenters. The van der Waals surface area contributed by atoms with Gasteiger partial charge in [-0.05, 0) is 62.2 Å². The van der Waals surface area contributed by atoms with Gasteiger partial charge in [0.15, 0.2) is 0 Å². The number of amides is 2. The van der Waals surface area contributed by atoms with Gasteiger partial charge in [-0.15, -0.1) is 0 Å². The van der Waals surface area contributed by atoms with Crippen molar-refractivity contribution in [3.63, 3.8) is 0 Å². The number of benzene rings is 2. The van der Waals surface area contributed by atoms with Gasteiger partial charge in [0, 0.05) is 41.7 Å². The van der Waals surface area contributed by atoms with E-state index in [4.69, 9.17) is 16.3 Å². The van der Waals surface area contributed by atoms with Crippen LogP contribution >= 0.6 is 11.6 Å². The number of nitrogens with zero attached hydrogens (tertiary/aromatic N) is 2. The molecule has 11 heteroatoms. The van der Waals surface area contributed by atoms with Crippen molar-refractivity contribution in [2.24, 2.45) is 11.8 Å². The second kappa shape index (κ2) is 13.5. The average molecular weight is 606 g/mol. The van der Waals surface area contributed by atoms with E-state index in [0.717, 1.165) is 32.1 Å². The van der Waals surface area contributed by atoms with E-state index < -0.39 is 22.2 Å². The average Bonchev–Trinajstić information content (AvgIpc) is 3.00. The molecular formula is C30H40ClN3O6S. The number of halogens is 1. The zero-order valence-electron chi connectivity index (χ0n) is 23.9. The van der Waals surface area contributed by atoms with Crippen LogP contribution in [0.15, 0.2) is 47.4 Å². The van der Waals surface area contributed by atoms with Crippen LogP contribution in [0.5, 0.6) is 5.75 Å². The lowest BCUT2D eigenvalue weighted by Gasteiger charge is -2.33. The summed E-state index contributed by atoms with van der Waals surface area (Å²) in [5, 5.41) is 13.3. The van der Waals surface area contributed by atoms with Gasteiger partial charge < -0.3 is 20.1 Å². The van der Waals surface area contributed by atoms with Crippen molar-refractivity contribution >= 4 is 39.1 Å². The SMILES string of the molecule is C[C@@H]1CN([C@H](C)CO)C(=O)Cc2cc(NC(=O)C3CCCCC3)ccc2O[C@H]1CN(C)S(=O)(=O)c1ccc(Cl)cc1. The molecule has 2 aromatic carbocycles. The van der Waals surface area contributed by atoms with Gasteiger partial charge in [0.2, 0.25) is 21.8 Å². The molecular weight excluding hydrogens is 566 g/mol. The number of carbonyl (C=O) groups is 2. The summed E-state index contributed by atoms with van der Waals surface area (Å²) >= 11 is 5.95. The van der Waals surface area contributed by atoms with Gasteiger partial charge in [-0.3, -0.25) is 9.59 Å². The molecule has 2 amide bonds. The lowest BCUT2D eigenvalue weighted by molar-refractivity contribution is -0.134. The smallest absolute Gasteiger partial charge is 0.242 e. The van der Waals surface area contributed by atoms with Crippen LogP contribution in [0.3, 0.4) is 0 Å². The Morgan fingerprint density at radius 1 is 1.17 bits per heavy atom.